The van der Waals surface area contributed by atoms with E-state index in [9.17, 15) is 14.4 Å². The molecule has 0 fully saturated rings. The Balaban J connectivity index is 1.89. The van der Waals surface area contributed by atoms with E-state index in [2.05, 4.69) is 5.32 Å². The van der Waals surface area contributed by atoms with E-state index in [0.29, 0.717) is 16.4 Å². The van der Waals surface area contributed by atoms with Gasteiger partial charge in [-0.2, -0.15) is 0 Å². The van der Waals surface area contributed by atoms with Gasteiger partial charge in [0.1, 0.15) is 16.9 Å². The Kier molecular flexibility index (Phi) is 5.53. The van der Waals surface area contributed by atoms with Crippen LogP contribution in [0.1, 0.15) is 31.1 Å². The molecule has 8 heteroatoms. The number of anilines is 2. The number of methoxy groups -OCH3 is 1. The molecular weight excluding hydrogens is 396 g/mol. The molecule has 0 bridgehead atoms. The van der Waals surface area contributed by atoms with Crippen LogP contribution in [0.3, 0.4) is 0 Å². The number of fused-ring (bicyclic) bond motifs is 1. The van der Waals surface area contributed by atoms with Gasteiger partial charge in [-0.3, -0.25) is 14.5 Å². The number of rotatable bonds is 4. The lowest BCUT2D eigenvalue weighted by Crippen LogP contribution is -2.60. The molecule has 0 saturated carbocycles. The predicted molar refractivity (Wildman–Crippen MR) is 110 cm³/mol. The van der Waals surface area contributed by atoms with Crippen molar-refractivity contribution in [3.05, 3.63) is 53.1 Å². The number of benzene rings is 2. The number of esters is 1. The van der Waals surface area contributed by atoms with E-state index in [1.54, 1.807) is 50.2 Å². The molecule has 1 aliphatic rings. The van der Waals surface area contributed by atoms with Gasteiger partial charge in [-0.1, -0.05) is 23.7 Å². The van der Waals surface area contributed by atoms with Crippen LogP contribution in [0, 0.1) is 0 Å². The average Bonchev–Trinajstić information content (AvgIpc) is 2.68. The van der Waals surface area contributed by atoms with Crippen LogP contribution in [-0.2, 0) is 14.3 Å². The first-order valence-electron chi connectivity index (χ1n) is 8.96. The van der Waals surface area contributed by atoms with E-state index in [-0.39, 0.29) is 17.2 Å². The summed E-state index contributed by atoms with van der Waals surface area (Å²) < 4.78 is 10.6. The summed E-state index contributed by atoms with van der Waals surface area (Å²) in [5, 5.41) is 3.12. The number of halogens is 1. The number of para-hydroxylation sites is 2. The second-order valence-corrected chi connectivity index (χ2v) is 7.53. The van der Waals surface area contributed by atoms with Gasteiger partial charge in [-0.05, 0) is 51.1 Å². The molecule has 0 radical (unpaired) electrons. The minimum absolute atomic E-state index is 0.107. The monoisotopic (exact) mass is 416 g/mol. The number of carbonyl (C=O) groups is 3. The third kappa shape index (κ3) is 3.78. The minimum Gasteiger partial charge on any atom is -0.496 e. The highest BCUT2D eigenvalue weighted by Crippen LogP contribution is 2.37. The van der Waals surface area contributed by atoms with Crippen molar-refractivity contribution in [2.75, 3.05) is 17.3 Å². The summed E-state index contributed by atoms with van der Waals surface area (Å²) in [6.45, 7) is 4.72. The van der Waals surface area contributed by atoms with Crippen LogP contribution >= 0.6 is 11.6 Å². The van der Waals surface area contributed by atoms with Crippen LogP contribution < -0.4 is 15.0 Å². The summed E-state index contributed by atoms with van der Waals surface area (Å²) in [7, 11) is 1.42. The quantitative estimate of drug-likeness (QED) is 0.769. The van der Waals surface area contributed by atoms with Crippen molar-refractivity contribution in [3.63, 3.8) is 0 Å². The first kappa shape index (κ1) is 20.7. The number of amides is 2. The Morgan fingerprint density at radius 1 is 1.17 bits per heavy atom. The second kappa shape index (κ2) is 7.75. The molecule has 1 aliphatic heterocycles. The van der Waals surface area contributed by atoms with E-state index in [4.69, 9.17) is 21.1 Å². The maximum Gasteiger partial charge on any atom is 0.342 e. The second-order valence-electron chi connectivity index (χ2n) is 7.10. The summed E-state index contributed by atoms with van der Waals surface area (Å²) in [6.07, 6.45) is -1.15. The number of hydrogen-bond donors (Lipinski definition) is 1. The van der Waals surface area contributed by atoms with Crippen molar-refractivity contribution >= 4 is 40.8 Å². The molecule has 0 unspecified atom stereocenters. The normalized spacial score (nSPS) is 15.8. The fourth-order valence-electron chi connectivity index (χ4n) is 3.14. The predicted octanol–water partition coefficient (Wildman–Crippen LogP) is 3.66. The molecule has 0 saturated heterocycles. The van der Waals surface area contributed by atoms with Crippen LogP contribution in [0.5, 0.6) is 5.75 Å². The SMILES string of the molecule is COc1ccc(Cl)cc1C(=O)O[C@@H](C)C(=O)N1c2ccccc2NC(=O)C1(C)C. The summed E-state index contributed by atoms with van der Waals surface area (Å²) >= 11 is 5.97. The van der Waals surface area contributed by atoms with Gasteiger partial charge in [0.25, 0.3) is 5.91 Å². The van der Waals surface area contributed by atoms with Gasteiger partial charge in [0.05, 0.1) is 18.5 Å². The van der Waals surface area contributed by atoms with Crippen molar-refractivity contribution in [1.82, 2.24) is 0 Å². The summed E-state index contributed by atoms with van der Waals surface area (Å²) in [5.74, 6) is -1.33. The van der Waals surface area contributed by atoms with Crippen molar-refractivity contribution in [2.24, 2.45) is 0 Å². The molecule has 2 amide bonds. The zero-order chi connectivity index (χ0) is 21.3. The maximum atomic E-state index is 13.2. The highest BCUT2D eigenvalue weighted by molar-refractivity contribution is 6.31. The fraction of sp³-hybridized carbons (Fsp3) is 0.286. The molecule has 7 nitrogen and oxygen atoms in total. The maximum absolute atomic E-state index is 13.2. The summed E-state index contributed by atoms with van der Waals surface area (Å²) in [4.78, 5) is 39.7. The van der Waals surface area contributed by atoms with Crippen LogP contribution in [0.25, 0.3) is 0 Å². The van der Waals surface area contributed by atoms with E-state index in [0.717, 1.165) is 0 Å². The van der Waals surface area contributed by atoms with Crippen LogP contribution in [0.2, 0.25) is 5.02 Å². The van der Waals surface area contributed by atoms with Gasteiger partial charge >= 0.3 is 5.97 Å². The van der Waals surface area contributed by atoms with E-state index in [1.165, 1.54) is 25.0 Å². The smallest absolute Gasteiger partial charge is 0.342 e. The molecule has 0 aromatic heterocycles. The lowest BCUT2D eigenvalue weighted by molar-refractivity contribution is -0.131. The third-order valence-corrected chi connectivity index (χ3v) is 4.98. The summed E-state index contributed by atoms with van der Waals surface area (Å²) in [5.41, 5.74) is -0.0129. The molecule has 152 valence electrons. The largest absolute Gasteiger partial charge is 0.496 e. The molecule has 1 heterocycles. The molecule has 2 aromatic carbocycles. The van der Waals surface area contributed by atoms with E-state index in [1.807, 2.05) is 0 Å². The van der Waals surface area contributed by atoms with E-state index >= 15 is 0 Å². The molecule has 1 N–H and O–H groups in total. The molecule has 29 heavy (non-hydrogen) atoms. The first-order valence-corrected chi connectivity index (χ1v) is 9.33. The molecule has 0 spiro atoms. The van der Waals surface area contributed by atoms with Crippen LogP contribution in [0.15, 0.2) is 42.5 Å². The fourth-order valence-corrected chi connectivity index (χ4v) is 3.31. The standard InChI is InChI=1S/C21H21ClN2O5/c1-12(29-19(26)14-11-13(22)9-10-17(14)28-4)18(25)24-16-8-6-5-7-15(16)23-20(27)21(24,2)3/h5-12H,1-4H3,(H,23,27)/t12-/m0/s1. The number of ether oxygens (including phenoxy) is 2. The Labute approximate surface area is 173 Å². The lowest BCUT2D eigenvalue weighted by atomic mass is 9.95. The van der Waals surface area contributed by atoms with Gasteiger partial charge < -0.3 is 14.8 Å². The van der Waals surface area contributed by atoms with Crippen molar-refractivity contribution in [1.29, 1.82) is 0 Å². The van der Waals surface area contributed by atoms with Crippen molar-refractivity contribution < 1.29 is 23.9 Å². The zero-order valence-corrected chi connectivity index (χ0v) is 17.2. The molecule has 1 atom stereocenters. The molecular formula is C21H21ClN2O5. The van der Waals surface area contributed by atoms with Crippen molar-refractivity contribution in [3.8, 4) is 5.75 Å². The number of nitrogens with one attached hydrogen (secondary N) is 1. The lowest BCUT2D eigenvalue weighted by Gasteiger charge is -2.42. The first-order chi connectivity index (χ1) is 13.7. The van der Waals surface area contributed by atoms with Gasteiger partial charge in [0.2, 0.25) is 5.91 Å². The van der Waals surface area contributed by atoms with Gasteiger partial charge in [0, 0.05) is 5.02 Å². The summed E-state index contributed by atoms with van der Waals surface area (Å²) in [6, 6.07) is 11.5. The molecule has 2 aromatic rings. The Morgan fingerprint density at radius 2 is 1.86 bits per heavy atom. The van der Waals surface area contributed by atoms with Crippen LogP contribution in [0.4, 0.5) is 11.4 Å². The number of carbonyl (C=O) groups excluding carboxylic acids is 3. The Hall–Kier alpha value is -3.06. The van der Waals surface area contributed by atoms with E-state index < -0.39 is 23.5 Å². The van der Waals surface area contributed by atoms with Crippen LogP contribution in [-0.4, -0.2) is 36.5 Å². The van der Waals surface area contributed by atoms with Crippen molar-refractivity contribution in [2.45, 2.75) is 32.4 Å². The third-order valence-electron chi connectivity index (χ3n) is 4.74. The highest BCUT2D eigenvalue weighted by atomic mass is 35.5. The van der Waals surface area contributed by atoms with Gasteiger partial charge in [-0.25, -0.2) is 4.79 Å². The minimum atomic E-state index is -1.17. The Morgan fingerprint density at radius 3 is 2.55 bits per heavy atom. The highest BCUT2D eigenvalue weighted by Gasteiger charge is 2.45. The number of hydrogen-bond acceptors (Lipinski definition) is 5. The average molecular weight is 417 g/mol. The molecule has 0 aliphatic carbocycles. The van der Waals surface area contributed by atoms with Gasteiger partial charge in [0.15, 0.2) is 6.10 Å². The zero-order valence-electron chi connectivity index (χ0n) is 16.5. The number of nitrogens with zero attached hydrogens (tertiary/aromatic N) is 1. The molecule has 3 rings (SSSR count). The van der Waals surface area contributed by atoms with Gasteiger partial charge in [-0.15, -0.1) is 0 Å². The Bertz CT molecular complexity index is 989. The topological polar surface area (TPSA) is 84.9 Å².